The van der Waals surface area contributed by atoms with Crippen molar-refractivity contribution >= 4 is 42.8 Å². The van der Waals surface area contributed by atoms with E-state index >= 15 is 0 Å². The Labute approximate surface area is 106 Å². The Morgan fingerprint density at radius 1 is 1.27 bits per heavy atom. The van der Waals surface area contributed by atoms with Crippen LogP contribution in [-0.2, 0) is 6.42 Å². The highest BCUT2D eigenvalue weighted by Crippen LogP contribution is 2.31. The van der Waals surface area contributed by atoms with Gasteiger partial charge in [-0.2, -0.15) is 0 Å². The van der Waals surface area contributed by atoms with Crippen LogP contribution in [0.25, 0.3) is 10.9 Å². The summed E-state index contributed by atoms with van der Waals surface area (Å²) in [5.74, 6) is 0. The molecule has 1 heterocycles. The molecule has 3 heteroatoms. The number of hydrogen-bond donors (Lipinski definition) is 0. The number of hydrogen-bond acceptors (Lipinski definition) is 1. The minimum atomic E-state index is 1.00. The molecule has 0 unspecified atom stereocenters. The number of nitrogens with zero attached hydrogens (tertiary/aromatic N) is 1. The largest absolute Gasteiger partial charge is 0.255 e. The molecule has 1 nitrogen and oxygen atoms in total. The maximum absolute atomic E-state index is 4.48. The molecule has 0 saturated carbocycles. The summed E-state index contributed by atoms with van der Waals surface area (Å²) >= 11 is 7.05. The lowest BCUT2D eigenvalue weighted by atomic mass is 10.1. The third kappa shape index (κ3) is 2.08. The van der Waals surface area contributed by atoms with Gasteiger partial charge in [0.05, 0.1) is 9.99 Å². The Morgan fingerprint density at radius 2 is 2.07 bits per heavy atom. The van der Waals surface area contributed by atoms with Crippen molar-refractivity contribution in [1.82, 2.24) is 4.98 Å². The van der Waals surface area contributed by atoms with Crippen LogP contribution in [0.2, 0.25) is 0 Å². The van der Waals surface area contributed by atoms with Crippen molar-refractivity contribution in [3.8, 4) is 0 Å². The molecule has 0 fully saturated rings. The zero-order valence-electron chi connectivity index (χ0n) is 8.43. The molecule has 0 bridgehead atoms. The van der Waals surface area contributed by atoms with Gasteiger partial charge in [0.2, 0.25) is 0 Å². The Balaban J connectivity index is 2.72. The average molecular weight is 329 g/mol. The van der Waals surface area contributed by atoms with Crippen molar-refractivity contribution in [3.63, 3.8) is 0 Å². The van der Waals surface area contributed by atoms with Crippen LogP contribution in [0.3, 0.4) is 0 Å². The molecule has 15 heavy (non-hydrogen) atoms. The number of para-hydroxylation sites is 1. The highest BCUT2D eigenvalue weighted by Gasteiger charge is 2.06. The molecular formula is C12H11Br2N. The fourth-order valence-electron chi connectivity index (χ4n) is 1.70. The third-order valence-corrected chi connectivity index (χ3v) is 4.38. The highest BCUT2D eigenvalue weighted by atomic mass is 79.9. The summed E-state index contributed by atoms with van der Waals surface area (Å²) in [4.78, 5) is 4.48. The maximum Gasteiger partial charge on any atom is 0.0746 e. The predicted molar refractivity (Wildman–Crippen MR) is 71.1 cm³/mol. The van der Waals surface area contributed by atoms with Gasteiger partial charge in [0.15, 0.2) is 0 Å². The molecule has 0 aliphatic heterocycles. The van der Waals surface area contributed by atoms with E-state index in [-0.39, 0.29) is 0 Å². The lowest BCUT2D eigenvalue weighted by molar-refractivity contribution is 0.926. The van der Waals surface area contributed by atoms with Gasteiger partial charge in [0.1, 0.15) is 0 Å². The summed E-state index contributed by atoms with van der Waals surface area (Å²) in [5.41, 5.74) is 2.43. The third-order valence-electron chi connectivity index (χ3n) is 2.39. The first kappa shape index (κ1) is 11.1. The summed E-state index contributed by atoms with van der Waals surface area (Å²) in [6.07, 6.45) is 4.08. The van der Waals surface area contributed by atoms with E-state index in [1.165, 1.54) is 10.9 Å². The molecule has 2 rings (SSSR count). The zero-order chi connectivity index (χ0) is 10.8. The number of aromatic nitrogens is 1. The molecule has 2 aromatic rings. The number of halogens is 2. The zero-order valence-corrected chi connectivity index (χ0v) is 11.6. The minimum absolute atomic E-state index is 1.00. The molecule has 0 radical (unpaired) electrons. The fourth-order valence-corrected chi connectivity index (χ4v) is 2.44. The van der Waals surface area contributed by atoms with Gasteiger partial charge >= 0.3 is 0 Å². The van der Waals surface area contributed by atoms with Gasteiger partial charge in [-0.1, -0.05) is 31.5 Å². The molecule has 0 N–H and O–H groups in total. The second-order valence-corrected chi connectivity index (χ2v) is 5.13. The fraction of sp³-hybridized carbons (Fsp3) is 0.250. The van der Waals surface area contributed by atoms with Crippen LogP contribution in [0.15, 0.2) is 33.3 Å². The monoisotopic (exact) mass is 327 g/mol. The average Bonchev–Trinajstić information content (AvgIpc) is 2.25. The molecule has 0 aliphatic rings. The number of fused-ring (bicyclic) bond motifs is 1. The molecule has 0 aliphatic carbocycles. The van der Waals surface area contributed by atoms with Gasteiger partial charge in [0, 0.05) is 16.1 Å². The van der Waals surface area contributed by atoms with Crippen molar-refractivity contribution in [3.05, 3.63) is 38.9 Å². The van der Waals surface area contributed by atoms with Gasteiger partial charge < -0.3 is 0 Å². The van der Waals surface area contributed by atoms with Crippen LogP contribution in [0.5, 0.6) is 0 Å². The molecule has 78 valence electrons. The van der Waals surface area contributed by atoms with Crippen LogP contribution >= 0.6 is 31.9 Å². The summed E-state index contributed by atoms with van der Waals surface area (Å²) in [7, 11) is 0. The van der Waals surface area contributed by atoms with Crippen LogP contribution in [-0.4, -0.2) is 4.98 Å². The SMILES string of the molecule is CCCc1cccc2c(Br)c(Br)cnc12. The molecule has 1 aromatic carbocycles. The van der Waals surface area contributed by atoms with E-state index in [1.807, 2.05) is 6.20 Å². The van der Waals surface area contributed by atoms with E-state index in [0.717, 1.165) is 27.3 Å². The van der Waals surface area contributed by atoms with Crippen LogP contribution in [0.1, 0.15) is 18.9 Å². The number of pyridine rings is 1. The predicted octanol–water partition coefficient (Wildman–Crippen LogP) is 4.71. The number of benzene rings is 1. The first-order valence-electron chi connectivity index (χ1n) is 4.95. The second-order valence-electron chi connectivity index (χ2n) is 3.48. The standard InChI is InChI=1S/C12H11Br2N/c1-2-4-8-5-3-6-9-11(14)10(13)7-15-12(8)9/h3,5-7H,2,4H2,1H3. The highest BCUT2D eigenvalue weighted by molar-refractivity contribution is 9.13. The van der Waals surface area contributed by atoms with Crippen molar-refractivity contribution in [1.29, 1.82) is 0 Å². The Morgan fingerprint density at radius 3 is 2.80 bits per heavy atom. The molecule has 1 aromatic heterocycles. The summed E-state index contributed by atoms with van der Waals surface area (Å²) < 4.78 is 2.09. The summed E-state index contributed by atoms with van der Waals surface area (Å²) in [6, 6.07) is 6.34. The van der Waals surface area contributed by atoms with E-state index in [0.29, 0.717) is 0 Å². The normalized spacial score (nSPS) is 10.9. The van der Waals surface area contributed by atoms with Crippen molar-refractivity contribution < 1.29 is 0 Å². The van der Waals surface area contributed by atoms with Gasteiger partial charge in [0.25, 0.3) is 0 Å². The van der Waals surface area contributed by atoms with Gasteiger partial charge in [-0.15, -0.1) is 0 Å². The van der Waals surface area contributed by atoms with Gasteiger partial charge in [-0.05, 0) is 43.8 Å². The topological polar surface area (TPSA) is 12.9 Å². The molecule has 0 saturated heterocycles. The summed E-state index contributed by atoms with van der Waals surface area (Å²) in [6.45, 7) is 2.19. The number of rotatable bonds is 2. The van der Waals surface area contributed by atoms with Gasteiger partial charge in [-0.25, -0.2) is 0 Å². The Kier molecular flexibility index (Phi) is 3.42. The lowest BCUT2D eigenvalue weighted by Gasteiger charge is -2.06. The van der Waals surface area contributed by atoms with Crippen LogP contribution in [0.4, 0.5) is 0 Å². The van der Waals surface area contributed by atoms with Crippen molar-refractivity contribution in [2.45, 2.75) is 19.8 Å². The maximum atomic E-state index is 4.48. The van der Waals surface area contributed by atoms with Crippen molar-refractivity contribution in [2.24, 2.45) is 0 Å². The molecule has 0 spiro atoms. The second kappa shape index (κ2) is 4.62. The lowest BCUT2D eigenvalue weighted by Crippen LogP contribution is -1.89. The van der Waals surface area contributed by atoms with E-state index < -0.39 is 0 Å². The van der Waals surface area contributed by atoms with Gasteiger partial charge in [-0.3, -0.25) is 4.98 Å². The van der Waals surface area contributed by atoms with E-state index in [1.54, 1.807) is 0 Å². The summed E-state index contributed by atoms with van der Waals surface area (Å²) in [5, 5.41) is 1.18. The van der Waals surface area contributed by atoms with Crippen molar-refractivity contribution in [2.75, 3.05) is 0 Å². The Hall–Kier alpha value is -0.410. The molecule has 0 amide bonds. The number of aryl methyl sites for hydroxylation is 1. The van der Waals surface area contributed by atoms with E-state index in [9.17, 15) is 0 Å². The van der Waals surface area contributed by atoms with E-state index in [4.69, 9.17) is 0 Å². The minimum Gasteiger partial charge on any atom is -0.255 e. The Bertz CT molecular complexity index is 494. The first-order valence-corrected chi connectivity index (χ1v) is 6.54. The van der Waals surface area contributed by atoms with Crippen LogP contribution < -0.4 is 0 Å². The quantitative estimate of drug-likeness (QED) is 0.777. The molecular weight excluding hydrogens is 318 g/mol. The van der Waals surface area contributed by atoms with Crippen LogP contribution in [0, 0.1) is 0 Å². The molecule has 0 atom stereocenters. The van der Waals surface area contributed by atoms with E-state index in [2.05, 4.69) is 62.0 Å². The smallest absolute Gasteiger partial charge is 0.0746 e. The first-order chi connectivity index (χ1) is 7.24.